The van der Waals surface area contributed by atoms with Crippen LogP contribution in [-0.2, 0) is 16.1 Å². The molecule has 1 heterocycles. The molecule has 1 aliphatic carbocycles. The van der Waals surface area contributed by atoms with E-state index in [1.54, 1.807) is 19.2 Å². The molecule has 1 amide bonds. The summed E-state index contributed by atoms with van der Waals surface area (Å²) in [4.78, 5) is 30.5. The largest absolute Gasteiger partial charge is 0.490 e. The smallest absolute Gasteiger partial charge is 0.251 e. The fraction of sp³-hybridized carbons (Fsp3) is 0.455. The molecule has 222 valence electrons. The molecule has 2 aliphatic rings. The van der Waals surface area contributed by atoms with Crippen LogP contribution >= 0.6 is 15.9 Å². The first-order chi connectivity index (χ1) is 20.3. The number of benzene rings is 2. The Morgan fingerprint density at radius 2 is 1.93 bits per heavy atom. The molecular formula is C33H38BrN3O5. The topological polar surface area (TPSA) is 110 Å². The minimum atomic E-state index is -0.547. The number of halogens is 1. The van der Waals surface area contributed by atoms with Crippen LogP contribution in [0.3, 0.4) is 0 Å². The number of carbonyl (C=O) groups is 2. The van der Waals surface area contributed by atoms with Crippen molar-refractivity contribution in [2.45, 2.75) is 59.0 Å². The SMILES string of the molecule is CCCC1CC(=O)C2=C(C1)N=C(C)C(C#N)C2c1cc(Br)c(OCc2ccc(C(=O)NCCOC)cc2)c(OCC)c1. The second-order valence-electron chi connectivity index (χ2n) is 10.7. The molecule has 3 atom stereocenters. The van der Waals surface area contributed by atoms with Crippen LogP contribution in [0.2, 0.25) is 0 Å². The molecule has 4 rings (SSSR count). The van der Waals surface area contributed by atoms with Crippen molar-refractivity contribution in [3.8, 4) is 17.6 Å². The van der Waals surface area contributed by atoms with Crippen molar-refractivity contribution in [1.29, 1.82) is 5.26 Å². The van der Waals surface area contributed by atoms with Gasteiger partial charge < -0.3 is 19.5 Å². The molecule has 0 radical (unpaired) electrons. The number of aliphatic imine (C=N–C) groups is 1. The third kappa shape index (κ3) is 7.11. The highest BCUT2D eigenvalue weighted by atomic mass is 79.9. The summed E-state index contributed by atoms with van der Waals surface area (Å²) in [5, 5.41) is 13.0. The summed E-state index contributed by atoms with van der Waals surface area (Å²) in [6.45, 7) is 7.47. The molecule has 0 saturated carbocycles. The highest BCUT2D eigenvalue weighted by molar-refractivity contribution is 9.10. The Morgan fingerprint density at radius 3 is 2.60 bits per heavy atom. The Balaban J connectivity index is 1.60. The third-order valence-electron chi connectivity index (χ3n) is 7.69. The van der Waals surface area contributed by atoms with E-state index in [9.17, 15) is 14.9 Å². The van der Waals surface area contributed by atoms with Crippen LogP contribution < -0.4 is 14.8 Å². The number of carbonyl (C=O) groups excluding carboxylic acids is 2. The van der Waals surface area contributed by atoms with Gasteiger partial charge in [0.2, 0.25) is 0 Å². The summed E-state index contributed by atoms with van der Waals surface area (Å²) in [5.41, 5.74) is 4.47. The molecule has 42 heavy (non-hydrogen) atoms. The second kappa shape index (κ2) is 14.6. The molecule has 0 fully saturated rings. The number of hydrogen-bond donors (Lipinski definition) is 1. The van der Waals surface area contributed by atoms with Crippen molar-refractivity contribution in [3.63, 3.8) is 0 Å². The molecule has 2 aromatic carbocycles. The van der Waals surface area contributed by atoms with Crippen LogP contribution in [0.25, 0.3) is 0 Å². The van der Waals surface area contributed by atoms with E-state index in [0.29, 0.717) is 53.3 Å². The van der Waals surface area contributed by atoms with E-state index in [4.69, 9.17) is 19.2 Å². The number of ether oxygens (including phenoxy) is 3. The van der Waals surface area contributed by atoms with E-state index >= 15 is 0 Å². The van der Waals surface area contributed by atoms with Crippen molar-refractivity contribution < 1.29 is 23.8 Å². The van der Waals surface area contributed by atoms with Gasteiger partial charge in [0.25, 0.3) is 5.91 Å². The van der Waals surface area contributed by atoms with Gasteiger partial charge in [-0.25, -0.2) is 0 Å². The standard InChI is InChI=1S/C33H38BrN3O5/c1-5-7-22-14-27-31(28(38)15-22)30(25(18-35)20(3)37-27)24-16-26(34)32(29(17-24)41-6-2)42-19-21-8-10-23(11-9-21)33(39)36-12-13-40-4/h8-11,16-17,22,25,30H,5-7,12-15,19H2,1-4H3,(H,36,39). The lowest BCUT2D eigenvalue weighted by atomic mass is 9.70. The Morgan fingerprint density at radius 1 is 1.17 bits per heavy atom. The van der Waals surface area contributed by atoms with E-state index in [0.717, 1.165) is 41.8 Å². The van der Waals surface area contributed by atoms with Crippen LogP contribution in [0.1, 0.15) is 73.9 Å². The summed E-state index contributed by atoms with van der Waals surface area (Å²) in [6, 6.07) is 13.4. The van der Waals surface area contributed by atoms with Crippen molar-refractivity contribution in [2.24, 2.45) is 16.8 Å². The zero-order valence-electron chi connectivity index (χ0n) is 24.7. The lowest BCUT2D eigenvalue weighted by Gasteiger charge is -2.35. The number of rotatable bonds is 12. The van der Waals surface area contributed by atoms with Gasteiger partial charge in [0, 0.05) is 48.5 Å². The molecule has 1 N–H and O–H groups in total. The summed E-state index contributed by atoms with van der Waals surface area (Å²) in [7, 11) is 1.59. The number of amides is 1. The molecular weight excluding hydrogens is 598 g/mol. The van der Waals surface area contributed by atoms with Gasteiger partial charge in [-0.2, -0.15) is 5.26 Å². The summed E-state index contributed by atoms with van der Waals surface area (Å²) >= 11 is 3.68. The Bertz CT molecular complexity index is 1410. The van der Waals surface area contributed by atoms with Gasteiger partial charge in [0.1, 0.15) is 6.61 Å². The predicted octanol–water partition coefficient (Wildman–Crippen LogP) is 6.53. The Labute approximate surface area is 256 Å². The number of allylic oxidation sites excluding steroid dienone is 2. The van der Waals surface area contributed by atoms with Gasteiger partial charge in [0.15, 0.2) is 17.3 Å². The maximum Gasteiger partial charge on any atom is 0.251 e. The van der Waals surface area contributed by atoms with Gasteiger partial charge in [-0.15, -0.1) is 0 Å². The van der Waals surface area contributed by atoms with Gasteiger partial charge in [-0.3, -0.25) is 14.6 Å². The normalized spacial score (nSPS) is 20.0. The summed E-state index contributed by atoms with van der Waals surface area (Å²) in [5.74, 6) is 0.300. The van der Waals surface area contributed by atoms with Crippen molar-refractivity contribution in [2.75, 3.05) is 26.9 Å². The number of hydrogen-bond acceptors (Lipinski definition) is 7. The zero-order valence-corrected chi connectivity index (χ0v) is 26.3. The highest BCUT2D eigenvalue weighted by Gasteiger charge is 2.41. The van der Waals surface area contributed by atoms with Gasteiger partial charge in [0.05, 0.1) is 29.7 Å². The van der Waals surface area contributed by atoms with Crippen LogP contribution in [0.5, 0.6) is 11.5 Å². The monoisotopic (exact) mass is 635 g/mol. The van der Waals surface area contributed by atoms with Crippen molar-refractivity contribution in [3.05, 3.63) is 68.8 Å². The lowest BCUT2D eigenvalue weighted by molar-refractivity contribution is -0.117. The average Bonchev–Trinajstić information content (AvgIpc) is 2.96. The molecule has 8 nitrogen and oxygen atoms in total. The van der Waals surface area contributed by atoms with Crippen LogP contribution in [0, 0.1) is 23.2 Å². The lowest BCUT2D eigenvalue weighted by Crippen LogP contribution is -2.32. The summed E-state index contributed by atoms with van der Waals surface area (Å²) < 4.78 is 17.9. The molecule has 1 aliphatic heterocycles. The molecule has 0 aromatic heterocycles. The van der Waals surface area contributed by atoms with Crippen molar-refractivity contribution in [1.82, 2.24) is 5.32 Å². The van der Waals surface area contributed by atoms with Crippen LogP contribution in [-0.4, -0.2) is 44.3 Å². The Kier molecular flexibility index (Phi) is 10.9. The van der Waals surface area contributed by atoms with E-state index in [1.165, 1.54) is 0 Å². The number of Topliss-reactive ketones (excluding diaryl/α,β-unsaturated/α-hetero) is 1. The first-order valence-electron chi connectivity index (χ1n) is 14.5. The molecule has 2 aromatic rings. The molecule has 9 heteroatoms. The molecule has 0 bridgehead atoms. The number of methoxy groups -OCH3 is 1. The van der Waals surface area contributed by atoms with Crippen LogP contribution in [0.4, 0.5) is 0 Å². The van der Waals surface area contributed by atoms with Gasteiger partial charge in [-0.1, -0.05) is 25.5 Å². The van der Waals surface area contributed by atoms with Gasteiger partial charge in [-0.05, 0) is 83.9 Å². The minimum Gasteiger partial charge on any atom is -0.490 e. The van der Waals surface area contributed by atoms with E-state index < -0.39 is 11.8 Å². The average molecular weight is 637 g/mol. The maximum absolute atomic E-state index is 13.5. The molecule has 3 unspecified atom stereocenters. The first-order valence-corrected chi connectivity index (χ1v) is 15.3. The number of ketones is 1. The second-order valence-corrected chi connectivity index (χ2v) is 11.5. The van der Waals surface area contributed by atoms with E-state index in [2.05, 4.69) is 34.2 Å². The fourth-order valence-electron chi connectivity index (χ4n) is 5.72. The predicted molar refractivity (Wildman–Crippen MR) is 165 cm³/mol. The number of nitriles is 1. The van der Waals surface area contributed by atoms with E-state index in [1.807, 2.05) is 38.1 Å². The molecule has 0 spiro atoms. The van der Waals surface area contributed by atoms with E-state index in [-0.39, 0.29) is 24.2 Å². The highest BCUT2D eigenvalue weighted by Crippen LogP contribution is 2.48. The summed E-state index contributed by atoms with van der Waals surface area (Å²) in [6.07, 6.45) is 3.26. The van der Waals surface area contributed by atoms with Gasteiger partial charge >= 0.3 is 0 Å². The number of nitrogens with one attached hydrogen (secondary N) is 1. The maximum atomic E-state index is 13.5. The Hall–Kier alpha value is -3.48. The van der Waals surface area contributed by atoms with Crippen molar-refractivity contribution >= 4 is 33.3 Å². The van der Waals surface area contributed by atoms with Crippen LogP contribution in [0.15, 0.2) is 57.1 Å². The molecule has 0 saturated heterocycles. The minimum absolute atomic E-state index is 0.0847. The fourth-order valence-corrected chi connectivity index (χ4v) is 6.30. The zero-order chi connectivity index (χ0) is 30.2. The quantitative estimate of drug-likeness (QED) is 0.265. The third-order valence-corrected chi connectivity index (χ3v) is 8.28. The first kappa shape index (κ1) is 31.5. The number of nitrogens with zero attached hydrogens (tertiary/aromatic N) is 2.